The monoisotopic (exact) mass is 421 g/mol. The van der Waals surface area contributed by atoms with E-state index in [4.69, 9.17) is 10.5 Å². The highest BCUT2D eigenvalue weighted by Crippen LogP contribution is 2.12. The molecule has 29 heavy (non-hydrogen) atoms. The van der Waals surface area contributed by atoms with E-state index in [0.29, 0.717) is 12.4 Å². The summed E-state index contributed by atoms with van der Waals surface area (Å²) in [5.41, 5.74) is 5.88. The first-order valence-corrected chi connectivity index (χ1v) is 10.2. The van der Waals surface area contributed by atoms with Gasteiger partial charge in [0.1, 0.15) is 18.4 Å². The first kappa shape index (κ1) is 22.3. The van der Waals surface area contributed by atoms with Crippen LogP contribution in [-0.4, -0.2) is 50.6 Å². The number of carboxylic acids is 1. The number of benzene rings is 2. The number of sulfonamides is 1. The molecule has 0 radical (unpaired) electrons. The van der Waals surface area contributed by atoms with E-state index >= 15 is 0 Å². The number of aliphatic carboxylic acids is 1. The van der Waals surface area contributed by atoms with Gasteiger partial charge < -0.3 is 20.9 Å². The van der Waals surface area contributed by atoms with Crippen molar-refractivity contribution in [2.24, 2.45) is 5.73 Å². The minimum atomic E-state index is -4.04. The van der Waals surface area contributed by atoms with E-state index in [0.717, 1.165) is 0 Å². The van der Waals surface area contributed by atoms with Crippen LogP contribution in [0.1, 0.15) is 17.3 Å². The van der Waals surface area contributed by atoms with E-state index in [2.05, 4.69) is 10.0 Å². The lowest BCUT2D eigenvalue weighted by atomic mass is 10.2. The van der Waals surface area contributed by atoms with Gasteiger partial charge in [0.25, 0.3) is 5.91 Å². The Balaban J connectivity index is 1.98. The van der Waals surface area contributed by atoms with Crippen LogP contribution >= 0.6 is 0 Å². The lowest BCUT2D eigenvalue weighted by Crippen LogP contribution is -2.48. The molecule has 0 saturated heterocycles. The van der Waals surface area contributed by atoms with Crippen LogP contribution in [0.4, 0.5) is 0 Å². The molecule has 0 bridgehead atoms. The van der Waals surface area contributed by atoms with Crippen molar-refractivity contribution in [1.82, 2.24) is 10.0 Å². The van der Waals surface area contributed by atoms with Crippen LogP contribution in [-0.2, 0) is 14.8 Å². The Morgan fingerprint density at radius 3 is 2.28 bits per heavy atom. The smallest absolute Gasteiger partial charge is 0.323 e. The van der Waals surface area contributed by atoms with E-state index in [1.807, 2.05) is 0 Å². The Bertz CT molecular complexity index is 930. The molecule has 1 amide bonds. The van der Waals surface area contributed by atoms with Gasteiger partial charge in [-0.25, -0.2) is 8.42 Å². The maximum Gasteiger partial charge on any atom is 0.323 e. The molecular weight excluding hydrogens is 398 g/mol. The van der Waals surface area contributed by atoms with Crippen molar-refractivity contribution in [2.45, 2.75) is 23.9 Å². The molecule has 156 valence electrons. The molecule has 0 aromatic heterocycles. The second-order valence-corrected chi connectivity index (χ2v) is 8.06. The van der Waals surface area contributed by atoms with Crippen molar-refractivity contribution in [1.29, 1.82) is 0 Å². The standard InChI is InChI=1S/C19H23N3O6S/c1-13(20)12-28-15-9-7-14(8-10-15)18(23)21-11-17(19(24)25)22-29(26,27)16-5-3-2-4-6-16/h2-10,13,17,22H,11-12,20H2,1H3,(H,21,23)(H,24,25). The molecule has 0 saturated carbocycles. The molecule has 0 aliphatic rings. The van der Waals surface area contributed by atoms with Crippen LogP contribution in [0.2, 0.25) is 0 Å². The van der Waals surface area contributed by atoms with Crippen molar-refractivity contribution in [3.05, 3.63) is 60.2 Å². The molecule has 2 rings (SSSR count). The van der Waals surface area contributed by atoms with Gasteiger partial charge in [0.15, 0.2) is 0 Å². The topological polar surface area (TPSA) is 148 Å². The Labute approximate surface area is 168 Å². The minimum Gasteiger partial charge on any atom is -0.492 e. The van der Waals surface area contributed by atoms with Crippen LogP contribution in [0.5, 0.6) is 5.75 Å². The second-order valence-electron chi connectivity index (χ2n) is 6.35. The quantitative estimate of drug-likeness (QED) is 0.438. The molecule has 0 heterocycles. The fourth-order valence-corrected chi connectivity index (χ4v) is 3.47. The number of hydrogen-bond acceptors (Lipinski definition) is 6. The van der Waals surface area contributed by atoms with Crippen molar-refractivity contribution in [3.8, 4) is 5.75 Å². The van der Waals surface area contributed by atoms with Crippen molar-refractivity contribution >= 4 is 21.9 Å². The Hall–Kier alpha value is -2.95. The van der Waals surface area contributed by atoms with Gasteiger partial charge in [-0.1, -0.05) is 18.2 Å². The van der Waals surface area contributed by atoms with Gasteiger partial charge in [-0.15, -0.1) is 0 Å². The predicted molar refractivity (Wildman–Crippen MR) is 106 cm³/mol. The van der Waals surface area contributed by atoms with Gasteiger partial charge >= 0.3 is 5.97 Å². The van der Waals surface area contributed by atoms with E-state index in [1.165, 1.54) is 36.4 Å². The third-order valence-corrected chi connectivity index (χ3v) is 5.23. The zero-order chi connectivity index (χ0) is 21.4. The SMILES string of the molecule is CC(N)COc1ccc(C(=O)NCC(NS(=O)(=O)c2ccccc2)C(=O)O)cc1. The number of amides is 1. The fourth-order valence-electron chi connectivity index (χ4n) is 2.26. The zero-order valence-electron chi connectivity index (χ0n) is 15.7. The first-order valence-electron chi connectivity index (χ1n) is 8.76. The summed E-state index contributed by atoms with van der Waals surface area (Å²) in [6, 6.07) is 11.9. The summed E-state index contributed by atoms with van der Waals surface area (Å²) < 4.78 is 32.1. The highest BCUT2D eigenvalue weighted by atomic mass is 32.2. The normalized spacial score (nSPS) is 13.3. The van der Waals surface area contributed by atoms with E-state index in [1.54, 1.807) is 25.1 Å². The predicted octanol–water partition coefficient (Wildman–Crippen LogP) is 0.574. The van der Waals surface area contributed by atoms with Crippen molar-refractivity contribution in [3.63, 3.8) is 0 Å². The highest BCUT2D eigenvalue weighted by Gasteiger charge is 2.25. The Kier molecular flexibility index (Phi) is 7.71. The third-order valence-electron chi connectivity index (χ3n) is 3.75. The summed E-state index contributed by atoms with van der Waals surface area (Å²) in [6.07, 6.45) is 0. The number of nitrogens with one attached hydrogen (secondary N) is 2. The van der Waals surface area contributed by atoms with E-state index in [-0.39, 0.29) is 16.5 Å². The van der Waals surface area contributed by atoms with Crippen LogP contribution < -0.4 is 20.5 Å². The molecule has 2 aromatic rings. The van der Waals surface area contributed by atoms with Gasteiger partial charge in [-0.05, 0) is 43.3 Å². The van der Waals surface area contributed by atoms with Crippen molar-refractivity contribution < 1.29 is 27.9 Å². The van der Waals surface area contributed by atoms with Gasteiger partial charge in [0, 0.05) is 18.2 Å². The number of hydrogen-bond donors (Lipinski definition) is 4. The number of nitrogens with two attached hydrogens (primary N) is 1. The zero-order valence-corrected chi connectivity index (χ0v) is 16.6. The minimum absolute atomic E-state index is 0.0695. The lowest BCUT2D eigenvalue weighted by Gasteiger charge is -2.16. The van der Waals surface area contributed by atoms with Gasteiger partial charge in [0.2, 0.25) is 10.0 Å². The Morgan fingerprint density at radius 2 is 1.72 bits per heavy atom. The van der Waals surface area contributed by atoms with Crippen LogP contribution in [0.25, 0.3) is 0 Å². The second kappa shape index (κ2) is 10.0. The molecular formula is C19H23N3O6S. The summed E-state index contributed by atoms with van der Waals surface area (Å²) in [4.78, 5) is 23.6. The maximum absolute atomic E-state index is 12.3. The largest absolute Gasteiger partial charge is 0.492 e. The van der Waals surface area contributed by atoms with E-state index < -0.39 is 34.5 Å². The molecule has 2 unspecified atom stereocenters. The maximum atomic E-state index is 12.3. The number of ether oxygens (including phenoxy) is 1. The van der Waals surface area contributed by atoms with Crippen molar-refractivity contribution in [2.75, 3.05) is 13.2 Å². The summed E-state index contributed by atoms with van der Waals surface area (Å²) in [7, 11) is -4.04. The molecule has 10 heteroatoms. The molecule has 5 N–H and O–H groups in total. The van der Waals surface area contributed by atoms with E-state index in [9.17, 15) is 23.1 Å². The van der Waals surface area contributed by atoms with Crippen LogP contribution in [0.15, 0.2) is 59.5 Å². The van der Waals surface area contributed by atoms with Gasteiger partial charge in [-0.2, -0.15) is 4.72 Å². The third kappa shape index (κ3) is 6.86. The number of rotatable bonds is 10. The average Bonchev–Trinajstić information content (AvgIpc) is 2.70. The number of carbonyl (C=O) groups is 2. The average molecular weight is 421 g/mol. The fraction of sp³-hybridized carbons (Fsp3) is 0.263. The molecule has 0 aliphatic heterocycles. The number of carbonyl (C=O) groups excluding carboxylic acids is 1. The molecule has 9 nitrogen and oxygen atoms in total. The molecule has 0 spiro atoms. The summed E-state index contributed by atoms with van der Waals surface area (Å²) in [5, 5.41) is 11.7. The van der Waals surface area contributed by atoms with Gasteiger partial charge in [0.05, 0.1) is 4.90 Å². The molecule has 0 fully saturated rings. The first-order chi connectivity index (χ1) is 13.7. The molecule has 2 atom stereocenters. The van der Waals surface area contributed by atoms with Crippen LogP contribution in [0.3, 0.4) is 0 Å². The number of carboxylic acid groups (broad SMARTS) is 1. The summed E-state index contributed by atoms with van der Waals surface area (Å²) >= 11 is 0. The highest BCUT2D eigenvalue weighted by molar-refractivity contribution is 7.89. The molecule has 0 aliphatic carbocycles. The Morgan fingerprint density at radius 1 is 1.10 bits per heavy atom. The molecule has 2 aromatic carbocycles. The summed E-state index contributed by atoms with van der Waals surface area (Å²) in [6.45, 7) is 1.70. The van der Waals surface area contributed by atoms with Crippen LogP contribution in [0, 0.1) is 0 Å². The summed E-state index contributed by atoms with van der Waals surface area (Å²) in [5.74, 6) is -1.42. The van der Waals surface area contributed by atoms with Gasteiger partial charge in [-0.3, -0.25) is 9.59 Å². The lowest BCUT2D eigenvalue weighted by molar-refractivity contribution is -0.138.